The third-order valence-electron chi connectivity index (χ3n) is 1.93. The van der Waals surface area contributed by atoms with Crippen molar-refractivity contribution in [3.05, 3.63) is 46.2 Å². The summed E-state index contributed by atoms with van der Waals surface area (Å²) in [6, 6.07) is 4.98. The van der Waals surface area contributed by atoms with Crippen LogP contribution in [0, 0.1) is 23.0 Å². The highest BCUT2D eigenvalue weighted by molar-refractivity contribution is 9.10. The zero-order valence-electron chi connectivity index (χ0n) is 7.78. The molecule has 0 N–H and O–H groups in total. The number of hydrogen-bond donors (Lipinski definition) is 0. The number of benzene rings is 1. The maximum Gasteiger partial charge on any atom is 0.177 e. The summed E-state index contributed by atoms with van der Waals surface area (Å²) in [5.41, 5.74) is 0.229. The Hall–Kier alpha value is -1.74. The Morgan fingerprint density at radius 1 is 1.38 bits per heavy atom. The number of hydrogen-bond acceptors (Lipinski definition) is 2. The van der Waals surface area contributed by atoms with Gasteiger partial charge < -0.3 is 0 Å². The summed E-state index contributed by atoms with van der Waals surface area (Å²) in [5, 5.41) is 12.5. The quantitative estimate of drug-likeness (QED) is 0.808. The molecule has 2 rings (SSSR count). The average Bonchev–Trinajstić information content (AvgIpc) is 2.59. The van der Waals surface area contributed by atoms with Gasteiger partial charge in [-0.15, -0.1) is 0 Å². The molecular formula is C10H4BrF2N3. The van der Waals surface area contributed by atoms with Crippen molar-refractivity contribution < 1.29 is 8.78 Å². The van der Waals surface area contributed by atoms with Gasteiger partial charge in [-0.2, -0.15) is 10.4 Å². The van der Waals surface area contributed by atoms with Crippen molar-refractivity contribution in [2.24, 2.45) is 0 Å². The molecule has 1 aromatic heterocycles. The van der Waals surface area contributed by atoms with E-state index in [4.69, 9.17) is 5.26 Å². The molecule has 0 amide bonds. The molecule has 0 aliphatic heterocycles. The molecule has 80 valence electrons. The molecule has 0 bridgehead atoms. The molecule has 0 aliphatic carbocycles. The number of halogens is 3. The number of nitrogens with zero attached hydrogens (tertiary/aromatic N) is 3. The molecule has 1 heterocycles. The van der Waals surface area contributed by atoms with E-state index >= 15 is 0 Å². The molecular weight excluding hydrogens is 280 g/mol. The van der Waals surface area contributed by atoms with E-state index in [0.717, 1.165) is 12.1 Å². The Kier molecular flexibility index (Phi) is 2.71. The lowest BCUT2D eigenvalue weighted by molar-refractivity contribution is 0.573. The Balaban J connectivity index is 2.55. The number of rotatable bonds is 1. The van der Waals surface area contributed by atoms with E-state index < -0.39 is 11.6 Å². The van der Waals surface area contributed by atoms with E-state index in [-0.39, 0.29) is 11.4 Å². The maximum atomic E-state index is 13.4. The van der Waals surface area contributed by atoms with Gasteiger partial charge >= 0.3 is 0 Å². The summed E-state index contributed by atoms with van der Waals surface area (Å²) < 4.78 is 27.7. The molecule has 0 spiro atoms. The van der Waals surface area contributed by atoms with Crippen LogP contribution in [0.15, 0.2) is 28.9 Å². The lowest BCUT2D eigenvalue weighted by Gasteiger charge is -2.01. The molecule has 0 saturated carbocycles. The van der Waals surface area contributed by atoms with Crippen LogP contribution >= 0.6 is 15.9 Å². The molecule has 16 heavy (non-hydrogen) atoms. The van der Waals surface area contributed by atoms with Crippen molar-refractivity contribution >= 4 is 15.9 Å². The van der Waals surface area contributed by atoms with Crippen LogP contribution in [0.3, 0.4) is 0 Å². The van der Waals surface area contributed by atoms with Gasteiger partial charge in [0, 0.05) is 12.3 Å². The van der Waals surface area contributed by atoms with Crippen LogP contribution in [0.25, 0.3) is 5.69 Å². The molecule has 0 fully saturated rings. The zero-order chi connectivity index (χ0) is 11.7. The van der Waals surface area contributed by atoms with E-state index in [1.807, 2.05) is 6.07 Å². The van der Waals surface area contributed by atoms with E-state index in [9.17, 15) is 8.78 Å². The molecule has 0 aliphatic rings. The van der Waals surface area contributed by atoms with Crippen LogP contribution in [-0.4, -0.2) is 9.78 Å². The van der Waals surface area contributed by atoms with Gasteiger partial charge in [0.05, 0.1) is 4.47 Å². The van der Waals surface area contributed by atoms with Gasteiger partial charge in [0.1, 0.15) is 17.6 Å². The maximum absolute atomic E-state index is 13.4. The van der Waals surface area contributed by atoms with Crippen LogP contribution in [0.4, 0.5) is 8.78 Å². The van der Waals surface area contributed by atoms with Gasteiger partial charge in [0.25, 0.3) is 0 Å². The van der Waals surface area contributed by atoms with Gasteiger partial charge in [-0.3, -0.25) is 0 Å². The van der Waals surface area contributed by atoms with Crippen molar-refractivity contribution in [1.82, 2.24) is 9.78 Å². The highest BCUT2D eigenvalue weighted by Crippen LogP contribution is 2.19. The summed E-state index contributed by atoms with van der Waals surface area (Å²) >= 11 is 3.11. The smallest absolute Gasteiger partial charge is 0.177 e. The predicted molar refractivity (Wildman–Crippen MR) is 55.9 cm³/mol. The standard InChI is InChI=1S/C10H4BrF2N3/c11-7-5-16(15-9(7)4-14)10-2-1-6(12)3-8(10)13/h1-3,5H. The Morgan fingerprint density at radius 3 is 2.69 bits per heavy atom. The minimum atomic E-state index is -0.737. The first kappa shape index (κ1) is 10.8. The fourth-order valence-electron chi connectivity index (χ4n) is 1.22. The van der Waals surface area contributed by atoms with E-state index in [1.54, 1.807) is 0 Å². The second-order valence-electron chi connectivity index (χ2n) is 2.98. The first-order chi connectivity index (χ1) is 7.61. The van der Waals surface area contributed by atoms with Crippen LogP contribution < -0.4 is 0 Å². The van der Waals surface area contributed by atoms with E-state index in [1.165, 1.54) is 16.9 Å². The van der Waals surface area contributed by atoms with Crippen LogP contribution in [0.2, 0.25) is 0 Å². The van der Waals surface area contributed by atoms with E-state index in [0.29, 0.717) is 4.47 Å². The van der Waals surface area contributed by atoms with Crippen LogP contribution in [0.1, 0.15) is 5.69 Å². The first-order valence-electron chi connectivity index (χ1n) is 4.22. The monoisotopic (exact) mass is 283 g/mol. The molecule has 0 atom stereocenters. The lowest BCUT2D eigenvalue weighted by Crippen LogP contribution is -1.99. The lowest BCUT2D eigenvalue weighted by atomic mass is 10.3. The summed E-state index contributed by atoms with van der Waals surface area (Å²) in [7, 11) is 0. The zero-order valence-corrected chi connectivity index (χ0v) is 9.37. The molecule has 6 heteroatoms. The second kappa shape index (κ2) is 4.02. The minimum Gasteiger partial charge on any atom is -0.235 e. The Bertz CT molecular complexity index is 586. The van der Waals surface area contributed by atoms with Crippen molar-refractivity contribution in [3.63, 3.8) is 0 Å². The van der Waals surface area contributed by atoms with Gasteiger partial charge in [-0.05, 0) is 28.1 Å². The molecule has 2 aromatic rings. The predicted octanol–water partition coefficient (Wildman–Crippen LogP) is 2.78. The largest absolute Gasteiger partial charge is 0.235 e. The van der Waals surface area contributed by atoms with E-state index in [2.05, 4.69) is 21.0 Å². The third-order valence-corrected chi connectivity index (χ3v) is 2.51. The summed E-state index contributed by atoms with van der Waals surface area (Å²) in [4.78, 5) is 0. The van der Waals surface area contributed by atoms with Gasteiger partial charge in [-0.25, -0.2) is 13.5 Å². The molecule has 3 nitrogen and oxygen atoms in total. The topological polar surface area (TPSA) is 41.6 Å². The molecule has 0 radical (unpaired) electrons. The van der Waals surface area contributed by atoms with Crippen molar-refractivity contribution in [2.75, 3.05) is 0 Å². The van der Waals surface area contributed by atoms with Crippen LogP contribution in [-0.2, 0) is 0 Å². The first-order valence-corrected chi connectivity index (χ1v) is 5.02. The SMILES string of the molecule is N#Cc1nn(-c2ccc(F)cc2F)cc1Br. The normalized spacial score (nSPS) is 10.1. The third kappa shape index (κ3) is 1.82. The molecule has 0 saturated heterocycles. The van der Waals surface area contributed by atoms with Crippen LogP contribution in [0.5, 0.6) is 0 Å². The van der Waals surface area contributed by atoms with Gasteiger partial charge in [-0.1, -0.05) is 0 Å². The van der Waals surface area contributed by atoms with Crippen molar-refractivity contribution in [1.29, 1.82) is 5.26 Å². The minimum absolute atomic E-state index is 0.0867. The summed E-state index contributed by atoms with van der Waals surface area (Å²) in [6.07, 6.45) is 1.44. The van der Waals surface area contributed by atoms with Crippen molar-refractivity contribution in [2.45, 2.75) is 0 Å². The second-order valence-corrected chi connectivity index (χ2v) is 3.83. The number of aromatic nitrogens is 2. The Morgan fingerprint density at radius 2 is 2.12 bits per heavy atom. The number of nitriles is 1. The molecule has 1 aromatic carbocycles. The summed E-state index contributed by atoms with van der Waals surface area (Å²) in [6.45, 7) is 0. The highest BCUT2D eigenvalue weighted by Gasteiger charge is 2.10. The fraction of sp³-hybridized carbons (Fsp3) is 0. The van der Waals surface area contributed by atoms with Gasteiger partial charge in [0.2, 0.25) is 0 Å². The summed E-state index contributed by atoms with van der Waals surface area (Å²) in [5.74, 6) is -1.40. The average molecular weight is 284 g/mol. The fourth-order valence-corrected chi connectivity index (χ4v) is 1.58. The van der Waals surface area contributed by atoms with Crippen molar-refractivity contribution in [3.8, 4) is 11.8 Å². The highest BCUT2D eigenvalue weighted by atomic mass is 79.9. The Labute approximate surface area is 98.1 Å². The molecule has 0 unspecified atom stereocenters. The van der Waals surface area contributed by atoms with Gasteiger partial charge in [0.15, 0.2) is 11.5 Å².